The molecule has 10 nitrogen and oxygen atoms in total. The molecule has 0 aliphatic heterocycles. The van der Waals surface area contributed by atoms with Gasteiger partial charge in [0, 0.05) is 30.2 Å². The molecule has 0 bridgehead atoms. The number of imidazole rings is 1. The number of aromatic nitrogens is 4. The van der Waals surface area contributed by atoms with Crippen molar-refractivity contribution in [2.75, 3.05) is 18.9 Å². The summed E-state index contributed by atoms with van der Waals surface area (Å²) < 4.78 is 7.25. The minimum atomic E-state index is -0.554. The minimum Gasteiger partial charge on any atom is -0.448 e. The summed E-state index contributed by atoms with van der Waals surface area (Å²) >= 11 is 0. The van der Waals surface area contributed by atoms with E-state index in [1.165, 1.54) is 0 Å². The normalized spacial score (nSPS) is 11.0. The molecule has 0 fully saturated rings. The summed E-state index contributed by atoms with van der Waals surface area (Å²) in [6.45, 7) is 6.33. The molecule has 5 rings (SSSR count). The third-order valence-corrected chi connectivity index (χ3v) is 6.26. The van der Waals surface area contributed by atoms with E-state index in [9.17, 15) is 9.59 Å². The molecule has 2 amide bonds. The summed E-state index contributed by atoms with van der Waals surface area (Å²) in [7, 11) is 0. The third-order valence-electron chi connectivity index (χ3n) is 6.26. The first-order valence-electron chi connectivity index (χ1n) is 12.5. The van der Waals surface area contributed by atoms with Crippen molar-refractivity contribution in [3.63, 3.8) is 0 Å². The van der Waals surface area contributed by atoms with E-state index < -0.39 is 6.09 Å². The number of benzene rings is 2. The van der Waals surface area contributed by atoms with Crippen molar-refractivity contribution in [2.45, 2.75) is 20.0 Å². The fraction of sp³-hybridized carbons (Fsp3) is 0.172. The van der Waals surface area contributed by atoms with Crippen LogP contribution in [0, 0.1) is 0 Å². The molecule has 2 aromatic carbocycles. The number of alkyl carbamates (subject to hydrolysis) is 1. The summed E-state index contributed by atoms with van der Waals surface area (Å²) in [6.07, 6.45) is 1.31. The van der Waals surface area contributed by atoms with Crippen LogP contribution >= 0.6 is 0 Å². The van der Waals surface area contributed by atoms with Crippen LogP contribution in [-0.2, 0) is 22.6 Å². The highest BCUT2D eigenvalue weighted by Gasteiger charge is 2.19. The number of aromatic amines is 1. The molecule has 3 heterocycles. The zero-order valence-electron chi connectivity index (χ0n) is 21.5. The number of amides is 2. The fourth-order valence-corrected chi connectivity index (χ4v) is 4.32. The number of H-pyrrole nitrogens is 1. The van der Waals surface area contributed by atoms with Gasteiger partial charge in [0.15, 0.2) is 11.6 Å². The Morgan fingerprint density at radius 2 is 1.79 bits per heavy atom. The number of para-hydroxylation sites is 1. The average molecular weight is 524 g/mol. The molecule has 198 valence electrons. The zero-order valence-corrected chi connectivity index (χ0v) is 21.5. The third kappa shape index (κ3) is 5.59. The SMILES string of the molecule is C=C(C)C(=O)NCCOC(=O)NCc1ccc(Cn2c(-c3ccc[nH]3)nc3c(N)nc4ccccc4c32)cc1. The van der Waals surface area contributed by atoms with Crippen LogP contribution in [0.5, 0.6) is 0 Å². The van der Waals surface area contributed by atoms with Crippen LogP contribution in [0.2, 0.25) is 0 Å². The molecule has 0 saturated carbocycles. The number of ether oxygens (including phenoxy) is 1. The monoisotopic (exact) mass is 523 g/mol. The molecule has 3 aromatic heterocycles. The summed E-state index contributed by atoms with van der Waals surface area (Å²) in [5, 5.41) is 6.31. The number of hydrogen-bond acceptors (Lipinski definition) is 6. The van der Waals surface area contributed by atoms with Crippen LogP contribution < -0.4 is 16.4 Å². The van der Waals surface area contributed by atoms with Gasteiger partial charge in [0.05, 0.1) is 23.3 Å². The van der Waals surface area contributed by atoms with Gasteiger partial charge >= 0.3 is 6.09 Å². The number of nitrogens with zero attached hydrogens (tertiary/aromatic N) is 3. The largest absolute Gasteiger partial charge is 0.448 e. The number of anilines is 1. The molecule has 0 spiro atoms. The van der Waals surface area contributed by atoms with Gasteiger partial charge in [-0.2, -0.15) is 0 Å². The zero-order chi connectivity index (χ0) is 27.4. The van der Waals surface area contributed by atoms with Crippen molar-refractivity contribution < 1.29 is 14.3 Å². The van der Waals surface area contributed by atoms with Crippen molar-refractivity contribution in [3.8, 4) is 11.5 Å². The highest BCUT2D eigenvalue weighted by Crippen LogP contribution is 2.32. The average Bonchev–Trinajstić information content (AvgIpc) is 3.59. The van der Waals surface area contributed by atoms with Gasteiger partial charge in [0.25, 0.3) is 0 Å². The number of nitrogen functional groups attached to an aromatic ring is 1. The van der Waals surface area contributed by atoms with Gasteiger partial charge in [-0.05, 0) is 36.2 Å². The lowest BCUT2D eigenvalue weighted by molar-refractivity contribution is -0.117. The second kappa shape index (κ2) is 11.1. The highest BCUT2D eigenvalue weighted by molar-refractivity contribution is 6.07. The number of nitrogens with two attached hydrogens (primary N) is 1. The molecular formula is C29H29N7O3. The lowest BCUT2D eigenvalue weighted by Gasteiger charge is -2.12. The van der Waals surface area contributed by atoms with E-state index in [1.807, 2.05) is 66.9 Å². The number of carbonyl (C=O) groups excluding carboxylic acids is 2. The van der Waals surface area contributed by atoms with Crippen LogP contribution in [0.25, 0.3) is 33.5 Å². The van der Waals surface area contributed by atoms with Crippen molar-refractivity contribution >= 4 is 39.8 Å². The van der Waals surface area contributed by atoms with Gasteiger partial charge in [0.2, 0.25) is 5.91 Å². The first kappa shape index (κ1) is 25.5. The standard InChI is InChI=1S/C29H29N7O3/c1-18(2)28(37)32-14-15-39-29(38)33-16-19-9-11-20(12-10-19)17-36-25-21-6-3-4-7-22(21)34-26(30)24(25)35-27(36)23-8-5-13-31-23/h3-13,31H,1,14-17H2,2H3,(H2,30,34)(H,32,37)(H,33,38). The minimum absolute atomic E-state index is 0.0700. The maximum Gasteiger partial charge on any atom is 0.407 e. The summed E-state index contributed by atoms with van der Waals surface area (Å²) in [6, 6.07) is 19.8. The lowest BCUT2D eigenvalue weighted by Crippen LogP contribution is -2.31. The molecule has 5 N–H and O–H groups in total. The molecule has 10 heteroatoms. The Hall–Kier alpha value is -5.12. The Bertz CT molecular complexity index is 1650. The second-order valence-corrected chi connectivity index (χ2v) is 9.16. The molecular weight excluding hydrogens is 494 g/mol. The summed E-state index contributed by atoms with van der Waals surface area (Å²) in [5.41, 5.74) is 12.0. The van der Waals surface area contributed by atoms with Crippen molar-refractivity contribution in [1.29, 1.82) is 0 Å². The molecule has 0 aliphatic rings. The number of nitrogens with one attached hydrogen (secondary N) is 3. The maximum absolute atomic E-state index is 12.0. The van der Waals surface area contributed by atoms with Gasteiger partial charge in [-0.25, -0.2) is 14.8 Å². The number of hydrogen-bond donors (Lipinski definition) is 4. The van der Waals surface area contributed by atoms with Crippen LogP contribution in [0.1, 0.15) is 18.1 Å². The van der Waals surface area contributed by atoms with Gasteiger partial charge in [-0.15, -0.1) is 0 Å². The van der Waals surface area contributed by atoms with Crippen LogP contribution in [0.15, 0.2) is 79.0 Å². The maximum atomic E-state index is 12.0. The van der Waals surface area contributed by atoms with Crippen molar-refractivity contribution in [1.82, 2.24) is 30.2 Å². The number of carbonyl (C=O) groups is 2. The predicted molar refractivity (Wildman–Crippen MR) is 151 cm³/mol. The first-order chi connectivity index (χ1) is 18.9. The predicted octanol–water partition coefficient (Wildman–Crippen LogP) is 4.13. The summed E-state index contributed by atoms with van der Waals surface area (Å²) in [5.74, 6) is 0.894. The van der Waals surface area contributed by atoms with Gasteiger partial charge < -0.3 is 30.7 Å². The molecule has 0 unspecified atom stereocenters. The molecule has 0 atom stereocenters. The smallest absolute Gasteiger partial charge is 0.407 e. The van der Waals surface area contributed by atoms with E-state index in [4.69, 9.17) is 15.5 Å². The van der Waals surface area contributed by atoms with Crippen LogP contribution in [0.3, 0.4) is 0 Å². The molecule has 0 aliphatic carbocycles. The Morgan fingerprint density at radius 1 is 1.03 bits per heavy atom. The first-order valence-corrected chi connectivity index (χ1v) is 12.5. The summed E-state index contributed by atoms with van der Waals surface area (Å²) in [4.78, 5) is 36.1. The van der Waals surface area contributed by atoms with Crippen LogP contribution in [0.4, 0.5) is 10.6 Å². The highest BCUT2D eigenvalue weighted by atomic mass is 16.5. The lowest BCUT2D eigenvalue weighted by atomic mass is 10.1. The van der Waals surface area contributed by atoms with E-state index in [2.05, 4.69) is 31.7 Å². The fourth-order valence-electron chi connectivity index (χ4n) is 4.32. The van der Waals surface area contributed by atoms with E-state index in [1.54, 1.807) is 6.92 Å². The Labute approximate surface area is 224 Å². The topological polar surface area (TPSA) is 140 Å². The van der Waals surface area contributed by atoms with Gasteiger partial charge in [-0.3, -0.25) is 4.79 Å². The number of pyridine rings is 1. The number of rotatable bonds is 9. The Morgan fingerprint density at radius 3 is 2.54 bits per heavy atom. The van der Waals surface area contributed by atoms with Crippen molar-refractivity contribution in [2.24, 2.45) is 0 Å². The van der Waals surface area contributed by atoms with Crippen LogP contribution in [-0.4, -0.2) is 44.7 Å². The molecule has 39 heavy (non-hydrogen) atoms. The van der Waals surface area contributed by atoms with E-state index in [-0.39, 0.29) is 19.1 Å². The van der Waals surface area contributed by atoms with Crippen molar-refractivity contribution in [3.05, 3.63) is 90.1 Å². The Balaban J connectivity index is 1.31. The second-order valence-electron chi connectivity index (χ2n) is 9.16. The van der Waals surface area contributed by atoms with E-state index >= 15 is 0 Å². The number of fused-ring (bicyclic) bond motifs is 3. The van der Waals surface area contributed by atoms with Gasteiger partial charge in [-0.1, -0.05) is 49.0 Å². The van der Waals surface area contributed by atoms with Gasteiger partial charge in [0.1, 0.15) is 12.1 Å². The quantitative estimate of drug-likeness (QED) is 0.169. The molecule has 0 radical (unpaired) electrons. The Kier molecular flexibility index (Phi) is 7.26. The van der Waals surface area contributed by atoms with E-state index in [0.29, 0.717) is 30.0 Å². The molecule has 5 aromatic rings. The molecule has 0 saturated heterocycles. The van der Waals surface area contributed by atoms with E-state index in [0.717, 1.165) is 39.1 Å².